The average Bonchev–Trinajstić information content (AvgIpc) is 2.59. The number of hydrogen-bond donors (Lipinski definition) is 3. The number of amides is 2. The highest BCUT2D eigenvalue weighted by Crippen LogP contribution is 2.35. The summed E-state index contributed by atoms with van der Waals surface area (Å²) in [4.78, 5) is 34.3. The number of carboxylic acid groups (broad SMARTS) is 1. The summed E-state index contributed by atoms with van der Waals surface area (Å²) < 4.78 is 0. The van der Waals surface area contributed by atoms with E-state index in [0.717, 1.165) is 0 Å². The van der Waals surface area contributed by atoms with Crippen LogP contribution in [0.3, 0.4) is 0 Å². The van der Waals surface area contributed by atoms with E-state index in [1.54, 1.807) is 48.5 Å². The molecule has 24 heavy (non-hydrogen) atoms. The minimum atomic E-state index is -1.57. The first kappa shape index (κ1) is 17.2. The molecular formula is C18H18N2O4. The molecular weight excluding hydrogens is 308 g/mol. The number of carbonyl (C=O) groups is 3. The summed E-state index contributed by atoms with van der Waals surface area (Å²) in [6.07, 6.45) is 0.148. The van der Waals surface area contributed by atoms with Gasteiger partial charge in [0.15, 0.2) is 0 Å². The van der Waals surface area contributed by atoms with Gasteiger partial charge in [-0.25, -0.2) is 4.79 Å². The molecule has 2 aromatic rings. The van der Waals surface area contributed by atoms with Gasteiger partial charge in [-0.2, -0.15) is 0 Å². The lowest BCUT2D eigenvalue weighted by Crippen LogP contribution is -2.45. The van der Waals surface area contributed by atoms with Gasteiger partial charge in [0.2, 0.25) is 5.91 Å². The highest BCUT2D eigenvalue weighted by atomic mass is 16.4. The Labute approximate surface area is 139 Å². The Kier molecular flexibility index (Phi) is 5.31. The molecule has 124 valence electrons. The second kappa shape index (κ2) is 7.41. The molecule has 2 aromatic carbocycles. The van der Waals surface area contributed by atoms with Gasteiger partial charge in [0.25, 0.3) is 0 Å². The van der Waals surface area contributed by atoms with Crippen LogP contribution in [0.25, 0.3) is 0 Å². The molecule has 0 saturated carbocycles. The number of benzene rings is 2. The Morgan fingerprint density at radius 1 is 0.917 bits per heavy atom. The normalized spacial score (nSPS) is 10.8. The Balaban J connectivity index is 2.42. The van der Waals surface area contributed by atoms with E-state index in [-0.39, 0.29) is 13.0 Å². The number of nitrogens with one attached hydrogen (secondary N) is 1. The first-order chi connectivity index (χ1) is 11.5. The van der Waals surface area contributed by atoms with Gasteiger partial charge in [0, 0.05) is 6.54 Å². The van der Waals surface area contributed by atoms with Crippen LogP contribution >= 0.6 is 0 Å². The van der Waals surface area contributed by atoms with Gasteiger partial charge in [0.1, 0.15) is 5.41 Å². The summed E-state index contributed by atoms with van der Waals surface area (Å²) in [6, 6.07) is 18.0. The molecule has 0 aliphatic carbocycles. The van der Waals surface area contributed by atoms with E-state index in [0.29, 0.717) is 11.1 Å². The molecule has 0 heterocycles. The fraction of sp³-hybridized carbons (Fsp3) is 0.167. The van der Waals surface area contributed by atoms with Gasteiger partial charge < -0.3 is 16.2 Å². The highest BCUT2D eigenvalue weighted by molar-refractivity contribution is 6.31. The largest absolute Gasteiger partial charge is 0.474 e. The van der Waals surface area contributed by atoms with Crippen LogP contribution in [0.1, 0.15) is 17.5 Å². The van der Waals surface area contributed by atoms with Crippen LogP contribution < -0.4 is 11.1 Å². The van der Waals surface area contributed by atoms with Crippen LogP contribution in [-0.4, -0.2) is 29.4 Å². The molecule has 4 N–H and O–H groups in total. The fourth-order valence-electron chi connectivity index (χ4n) is 2.75. The van der Waals surface area contributed by atoms with E-state index in [2.05, 4.69) is 5.32 Å². The Morgan fingerprint density at radius 2 is 1.38 bits per heavy atom. The molecule has 0 aromatic heterocycles. The molecule has 0 unspecified atom stereocenters. The van der Waals surface area contributed by atoms with Gasteiger partial charge in [0.05, 0.1) is 0 Å². The summed E-state index contributed by atoms with van der Waals surface area (Å²) in [5.74, 6) is -3.25. The molecule has 2 rings (SSSR count). The van der Waals surface area contributed by atoms with Crippen molar-refractivity contribution in [2.45, 2.75) is 11.8 Å². The van der Waals surface area contributed by atoms with E-state index >= 15 is 0 Å². The van der Waals surface area contributed by atoms with E-state index in [1.807, 2.05) is 12.1 Å². The van der Waals surface area contributed by atoms with Crippen molar-refractivity contribution in [3.05, 3.63) is 71.8 Å². The first-order valence-corrected chi connectivity index (χ1v) is 7.40. The van der Waals surface area contributed by atoms with Crippen molar-refractivity contribution >= 4 is 17.8 Å². The smallest absolute Gasteiger partial charge is 0.394 e. The second-order valence-electron chi connectivity index (χ2n) is 5.31. The van der Waals surface area contributed by atoms with Crippen LogP contribution in [0.2, 0.25) is 0 Å². The maximum atomic E-state index is 12.4. The topological polar surface area (TPSA) is 109 Å². The maximum Gasteiger partial charge on any atom is 0.394 e. The SMILES string of the molecule is NC(=O)C(CCNC(=O)C(=O)O)(c1ccccc1)c1ccccc1. The predicted octanol–water partition coefficient (Wildman–Crippen LogP) is 1.05. The number of rotatable bonds is 6. The van der Waals surface area contributed by atoms with Crippen LogP contribution in [0, 0.1) is 0 Å². The van der Waals surface area contributed by atoms with Crippen molar-refractivity contribution in [2.24, 2.45) is 5.73 Å². The van der Waals surface area contributed by atoms with Gasteiger partial charge in [-0.15, -0.1) is 0 Å². The van der Waals surface area contributed by atoms with Crippen molar-refractivity contribution < 1.29 is 19.5 Å². The third-order valence-corrected chi connectivity index (χ3v) is 3.93. The Morgan fingerprint density at radius 3 is 1.75 bits per heavy atom. The summed E-state index contributed by atoms with van der Waals surface area (Å²) in [7, 11) is 0. The lowest BCUT2D eigenvalue weighted by Gasteiger charge is -2.32. The van der Waals surface area contributed by atoms with Gasteiger partial charge >= 0.3 is 11.9 Å². The zero-order valence-corrected chi connectivity index (χ0v) is 12.9. The molecule has 0 aliphatic rings. The standard InChI is InChI=1S/C18H18N2O4/c19-17(24)18(13-7-3-1-4-8-13,14-9-5-2-6-10-14)11-12-20-15(21)16(22)23/h1-10H,11-12H2,(H2,19,24)(H,20,21)(H,22,23). The monoisotopic (exact) mass is 326 g/mol. The molecule has 0 fully saturated rings. The number of primary amides is 1. The summed E-state index contributed by atoms with van der Waals surface area (Å²) >= 11 is 0. The Hall–Kier alpha value is -3.15. The molecule has 0 saturated heterocycles. The van der Waals surface area contributed by atoms with E-state index in [1.165, 1.54) is 0 Å². The maximum absolute atomic E-state index is 12.4. The van der Waals surface area contributed by atoms with Gasteiger partial charge in [-0.05, 0) is 17.5 Å². The molecule has 0 bridgehead atoms. The second-order valence-corrected chi connectivity index (χ2v) is 5.31. The molecule has 0 aliphatic heterocycles. The molecule has 6 heteroatoms. The predicted molar refractivity (Wildman–Crippen MR) is 88.1 cm³/mol. The van der Waals surface area contributed by atoms with Crippen molar-refractivity contribution in [3.8, 4) is 0 Å². The van der Waals surface area contributed by atoms with Crippen LogP contribution in [0.15, 0.2) is 60.7 Å². The summed E-state index contributed by atoms with van der Waals surface area (Å²) in [5.41, 5.74) is 5.96. The Bertz CT molecular complexity index is 690. The van der Waals surface area contributed by atoms with Gasteiger partial charge in [-0.3, -0.25) is 9.59 Å². The highest BCUT2D eigenvalue weighted by Gasteiger charge is 2.40. The van der Waals surface area contributed by atoms with Crippen molar-refractivity contribution in [1.82, 2.24) is 5.32 Å². The summed E-state index contributed by atoms with van der Waals surface area (Å²) in [5, 5.41) is 10.9. The third kappa shape index (κ3) is 3.43. The summed E-state index contributed by atoms with van der Waals surface area (Å²) in [6.45, 7) is -0.00212. The number of carboxylic acids is 1. The average molecular weight is 326 g/mol. The number of nitrogens with two attached hydrogens (primary N) is 1. The van der Waals surface area contributed by atoms with E-state index < -0.39 is 23.2 Å². The lowest BCUT2D eigenvalue weighted by molar-refractivity contribution is -0.150. The number of hydrogen-bond acceptors (Lipinski definition) is 3. The quantitative estimate of drug-likeness (QED) is 0.689. The van der Waals surface area contributed by atoms with Gasteiger partial charge in [-0.1, -0.05) is 60.7 Å². The van der Waals surface area contributed by atoms with E-state index in [9.17, 15) is 14.4 Å². The van der Waals surface area contributed by atoms with Crippen LogP contribution in [0.5, 0.6) is 0 Å². The first-order valence-electron chi connectivity index (χ1n) is 7.40. The molecule has 0 atom stereocenters. The lowest BCUT2D eigenvalue weighted by atomic mass is 9.71. The minimum Gasteiger partial charge on any atom is -0.474 e. The fourth-order valence-corrected chi connectivity index (χ4v) is 2.75. The molecule has 0 spiro atoms. The number of carbonyl (C=O) groups excluding carboxylic acids is 2. The zero-order valence-electron chi connectivity index (χ0n) is 12.9. The van der Waals surface area contributed by atoms with Crippen molar-refractivity contribution in [3.63, 3.8) is 0 Å². The van der Waals surface area contributed by atoms with Crippen molar-refractivity contribution in [2.75, 3.05) is 6.54 Å². The van der Waals surface area contributed by atoms with E-state index in [4.69, 9.17) is 10.8 Å². The van der Waals surface area contributed by atoms with Crippen LogP contribution in [0.4, 0.5) is 0 Å². The van der Waals surface area contributed by atoms with Crippen LogP contribution in [-0.2, 0) is 19.8 Å². The molecule has 6 nitrogen and oxygen atoms in total. The molecule has 2 amide bonds. The minimum absolute atomic E-state index is 0.00212. The number of aliphatic carboxylic acids is 1. The molecule has 0 radical (unpaired) electrons. The van der Waals surface area contributed by atoms with Crippen molar-refractivity contribution in [1.29, 1.82) is 0 Å². The third-order valence-electron chi connectivity index (χ3n) is 3.93. The zero-order chi connectivity index (χ0) is 17.6.